The first-order valence-corrected chi connectivity index (χ1v) is 14.5. The number of nitrogens with zero attached hydrogens (tertiary/aromatic N) is 3. The highest BCUT2D eigenvalue weighted by Crippen LogP contribution is 2.36. The van der Waals surface area contributed by atoms with Gasteiger partial charge in [0.25, 0.3) is 5.56 Å². The molecule has 5 rings (SSSR count). The van der Waals surface area contributed by atoms with Crippen LogP contribution in [0.4, 0.5) is 4.79 Å². The number of benzene rings is 2. The molecule has 3 heterocycles. The van der Waals surface area contributed by atoms with Crippen LogP contribution in [0.2, 0.25) is 0 Å². The first kappa shape index (κ1) is 30.2. The molecule has 1 amide bonds. The van der Waals surface area contributed by atoms with E-state index in [4.69, 9.17) is 14.2 Å². The summed E-state index contributed by atoms with van der Waals surface area (Å²) in [6, 6.07) is 11.5. The molecular weight excluding hydrogens is 554 g/mol. The van der Waals surface area contributed by atoms with Crippen LogP contribution >= 0.6 is 0 Å². The third-order valence-corrected chi connectivity index (χ3v) is 8.49. The van der Waals surface area contributed by atoms with Crippen LogP contribution in [0.3, 0.4) is 0 Å². The lowest BCUT2D eigenvalue weighted by Gasteiger charge is -2.48. The van der Waals surface area contributed by atoms with Crippen molar-refractivity contribution >= 4 is 23.0 Å². The third-order valence-electron chi connectivity index (χ3n) is 8.49. The molecule has 0 radical (unpaired) electrons. The van der Waals surface area contributed by atoms with E-state index in [2.05, 4.69) is 25.7 Å². The molecule has 2 aliphatic rings. The van der Waals surface area contributed by atoms with Gasteiger partial charge in [-0.05, 0) is 48.1 Å². The molecule has 2 unspecified atom stereocenters. The van der Waals surface area contributed by atoms with Gasteiger partial charge in [-0.2, -0.15) is 0 Å². The Bertz CT molecular complexity index is 1580. The van der Waals surface area contributed by atoms with Gasteiger partial charge in [0.05, 0.1) is 18.2 Å². The summed E-state index contributed by atoms with van der Waals surface area (Å²) in [7, 11) is 1.46. The second-order valence-corrected chi connectivity index (χ2v) is 12.2. The number of methoxy groups -OCH3 is 1. The number of carboxylic acids is 1. The molecule has 2 N–H and O–H groups in total. The Kier molecular flexibility index (Phi) is 8.55. The quantitative estimate of drug-likeness (QED) is 0.387. The Labute approximate surface area is 250 Å². The summed E-state index contributed by atoms with van der Waals surface area (Å²) in [6.07, 6.45) is 0.318. The second-order valence-electron chi connectivity index (χ2n) is 12.2. The predicted molar refractivity (Wildman–Crippen MR) is 161 cm³/mol. The number of hydrogen-bond acceptors (Lipinski definition) is 7. The molecular formula is C32H39N3O8. The monoisotopic (exact) mass is 593 g/mol. The molecule has 2 aliphatic heterocycles. The van der Waals surface area contributed by atoms with Crippen molar-refractivity contribution in [2.45, 2.75) is 58.8 Å². The van der Waals surface area contributed by atoms with Crippen LogP contribution in [0.5, 0.6) is 17.2 Å². The van der Waals surface area contributed by atoms with E-state index < -0.39 is 12.1 Å². The molecule has 1 fully saturated rings. The normalized spacial score (nSPS) is 18.8. The Morgan fingerprint density at radius 2 is 1.77 bits per heavy atom. The zero-order valence-corrected chi connectivity index (χ0v) is 25.0. The zero-order chi connectivity index (χ0) is 30.9. The van der Waals surface area contributed by atoms with Crippen LogP contribution < -0.4 is 19.8 Å². The van der Waals surface area contributed by atoms with E-state index in [-0.39, 0.29) is 35.2 Å². The van der Waals surface area contributed by atoms with Gasteiger partial charge in [-0.25, -0.2) is 9.59 Å². The minimum absolute atomic E-state index is 0.0446. The van der Waals surface area contributed by atoms with E-state index in [0.717, 1.165) is 5.56 Å². The molecule has 11 heteroatoms. The van der Waals surface area contributed by atoms with Gasteiger partial charge in [0.1, 0.15) is 19.0 Å². The number of likely N-dealkylation sites (tertiary alicyclic amines) is 1. The molecule has 0 saturated carbocycles. The summed E-state index contributed by atoms with van der Waals surface area (Å²) in [5, 5.41) is 20.5. The number of pyridine rings is 1. The molecule has 1 aromatic heterocycles. The molecule has 43 heavy (non-hydrogen) atoms. The minimum Gasteiger partial charge on any atom is -0.497 e. The predicted octanol–water partition coefficient (Wildman–Crippen LogP) is 4.54. The van der Waals surface area contributed by atoms with Crippen LogP contribution in [0.1, 0.15) is 49.5 Å². The maximum absolute atomic E-state index is 13.0. The molecule has 0 aliphatic carbocycles. The summed E-state index contributed by atoms with van der Waals surface area (Å²) < 4.78 is 18.2. The standard InChI is InChI=1S/C32H39N3O8/c1-32(2,3)28-16-21(35(31(39)40)19-20-5-7-26-27(15-20)43-14-13-42-26)9-10-33(28)11-12-34-25-18-22(41-4)17-24(30(37)38)23(25)6-8-29(34)36/h5-8,15,17-18,21,28H,9-14,16,19H2,1-4H3,(H,37,38)(H,39,40). The van der Waals surface area contributed by atoms with E-state index >= 15 is 0 Å². The minimum atomic E-state index is -1.09. The van der Waals surface area contributed by atoms with Crippen molar-refractivity contribution in [3.8, 4) is 17.2 Å². The van der Waals surface area contributed by atoms with Crippen molar-refractivity contribution in [2.24, 2.45) is 5.41 Å². The van der Waals surface area contributed by atoms with Crippen molar-refractivity contribution < 1.29 is 34.0 Å². The average molecular weight is 594 g/mol. The van der Waals surface area contributed by atoms with Gasteiger partial charge in [0.2, 0.25) is 0 Å². The zero-order valence-electron chi connectivity index (χ0n) is 25.0. The smallest absolute Gasteiger partial charge is 0.407 e. The molecule has 11 nitrogen and oxygen atoms in total. The maximum atomic E-state index is 13.0. The number of rotatable bonds is 8. The fourth-order valence-electron chi connectivity index (χ4n) is 6.31. The van der Waals surface area contributed by atoms with Crippen LogP contribution in [0.25, 0.3) is 10.9 Å². The van der Waals surface area contributed by atoms with E-state index in [9.17, 15) is 24.6 Å². The number of aromatic nitrogens is 1. The van der Waals surface area contributed by atoms with Crippen molar-refractivity contribution in [3.05, 3.63) is 63.9 Å². The van der Waals surface area contributed by atoms with Crippen LogP contribution in [-0.4, -0.2) is 82.1 Å². The van der Waals surface area contributed by atoms with Crippen molar-refractivity contribution in [3.63, 3.8) is 0 Å². The maximum Gasteiger partial charge on any atom is 0.407 e. The summed E-state index contributed by atoms with van der Waals surface area (Å²) >= 11 is 0. The van der Waals surface area contributed by atoms with Crippen LogP contribution in [0, 0.1) is 5.41 Å². The lowest BCUT2D eigenvalue weighted by atomic mass is 9.78. The van der Waals surface area contributed by atoms with Crippen LogP contribution in [0.15, 0.2) is 47.3 Å². The Balaban J connectivity index is 1.36. The number of piperidine rings is 1. The Morgan fingerprint density at radius 3 is 2.44 bits per heavy atom. The molecule has 1 saturated heterocycles. The SMILES string of the molecule is COc1cc(C(=O)O)c2ccc(=O)n(CCN3CCC(N(Cc4ccc5c(c4)OCCO5)C(=O)O)CC3C(C)(C)C)c2c1. The number of aromatic carboxylic acids is 1. The van der Waals surface area contributed by atoms with E-state index in [1.165, 1.54) is 24.1 Å². The van der Waals surface area contributed by atoms with Crippen LogP contribution in [-0.2, 0) is 13.1 Å². The highest BCUT2D eigenvalue weighted by Gasteiger charge is 2.39. The molecule has 2 aromatic carbocycles. The topological polar surface area (TPSA) is 131 Å². The number of carbonyl (C=O) groups is 2. The van der Waals surface area contributed by atoms with Gasteiger partial charge in [-0.1, -0.05) is 26.8 Å². The summed E-state index contributed by atoms with van der Waals surface area (Å²) in [6.45, 7) is 9.18. The first-order chi connectivity index (χ1) is 20.5. The first-order valence-electron chi connectivity index (χ1n) is 14.5. The van der Waals surface area contributed by atoms with E-state index in [1.54, 1.807) is 16.7 Å². The molecule has 0 bridgehead atoms. The van der Waals surface area contributed by atoms with E-state index in [1.807, 2.05) is 18.2 Å². The largest absolute Gasteiger partial charge is 0.497 e. The highest BCUT2D eigenvalue weighted by atomic mass is 16.6. The molecule has 3 aromatic rings. The van der Waals surface area contributed by atoms with Crippen molar-refractivity contribution in [1.82, 2.24) is 14.4 Å². The molecule has 230 valence electrons. The number of amides is 1. The van der Waals surface area contributed by atoms with Gasteiger partial charge in [0.15, 0.2) is 11.5 Å². The summed E-state index contributed by atoms with van der Waals surface area (Å²) in [5.74, 6) is 0.571. The number of carboxylic acid groups (broad SMARTS) is 2. The molecule has 0 spiro atoms. The van der Waals surface area contributed by atoms with Gasteiger partial charge in [-0.15, -0.1) is 0 Å². The number of ether oxygens (including phenoxy) is 3. The van der Waals surface area contributed by atoms with Gasteiger partial charge in [0, 0.05) is 55.8 Å². The Morgan fingerprint density at radius 1 is 1.02 bits per heavy atom. The lowest BCUT2D eigenvalue weighted by Crippen LogP contribution is -2.55. The number of hydrogen-bond donors (Lipinski definition) is 2. The second kappa shape index (κ2) is 12.2. The molecule has 2 atom stereocenters. The highest BCUT2D eigenvalue weighted by molar-refractivity contribution is 6.03. The lowest BCUT2D eigenvalue weighted by molar-refractivity contribution is 0.0131. The van der Waals surface area contributed by atoms with E-state index in [0.29, 0.717) is 73.8 Å². The fourth-order valence-corrected chi connectivity index (χ4v) is 6.31. The van der Waals surface area contributed by atoms with Gasteiger partial charge in [-0.3, -0.25) is 9.69 Å². The third kappa shape index (κ3) is 6.41. The average Bonchev–Trinajstić information content (AvgIpc) is 2.98. The summed E-state index contributed by atoms with van der Waals surface area (Å²) in [4.78, 5) is 41.3. The summed E-state index contributed by atoms with van der Waals surface area (Å²) in [5.41, 5.74) is 1.03. The Hall–Kier alpha value is -4.25. The number of fused-ring (bicyclic) bond motifs is 2. The van der Waals surface area contributed by atoms with Gasteiger partial charge >= 0.3 is 12.1 Å². The van der Waals surface area contributed by atoms with Gasteiger partial charge < -0.3 is 33.9 Å². The van der Waals surface area contributed by atoms with Crippen molar-refractivity contribution in [2.75, 3.05) is 33.4 Å². The van der Waals surface area contributed by atoms with Crippen molar-refractivity contribution in [1.29, 1.82) is 0 Å². The fraction of sp³-hybridized carbons (Fsp3) is 0.469.